The molecule has 0 N–H and O–H groups in total. The predicted octanol–water partition coefficient (Wildman–Crippen LogP) is 4.70. The molecule has 4 rings (SSSR count). The van der Waals surface area contributed by atoms with Crippen molar-refractivity contribution < 1.29 is 4.79 Å². The SMILES string of the molecule is O=C(CCN1CCCCC1)N1CCN(c2ccccc2Cl)c2ccccc21. The summed E-state index contributed by atoms with van der Waals surface area (Å²) < 4.78 is 0. The molecule has 0 bridgehead atoms. The Hall–Kier alpha value is -2.04. The van der Waals surface area contributed by atoms with Crippen molar-refractivity contribution in [3.63, 3.8) is 0 Å². The van der Waals surface area contributed by atoms with Gasteiger partial charge in [0.25, 0.3) is 0 Å². The predicted molar refractivity (Wildman–Crippen MR) is 112 cm³/mol. The number of anilines is 3. The molecule has 1 amide bonds. The molecular formula is C22H26ClN3O. The van der Waals surface area contributed by atoms with E-state index in [1.54, 1.807) is 0 Å². The molecular weight excluding hydrogens is 358 g/mol. The molecule has 0 unspecified atom stereocenters. The van der Waals surface area contributed by atoms with Crippen LogP contribution in [0, 0.1) is 0 Å². The lowest BCUT2D eigenvalue weighted by molar-refractivity contribution is -0.119. The first-order valence-corrected chi connectivity index (χ1v) is 10.3. The number of piperidine rings is 1. The van der Waals surface area contributed by atoms with Crippen LogP contribution in [0.1, 0.15) is 25.7 Å². The van der Waals surface area contributed by atoms with Gasteiger partial charge in [-0.1, -0.05) is 42.3 Å². The lowest BCUT2D eigenvalue weighted by atomic mass is 10.1. The highest BCUT2D eigenvalue weighted by atomic mass is 35.5. The molecule has 2 aliphatic rings. The van der Waals surface area contributed by atoms with Gasteiger partial charge in [0.15, 0.2) is 0 Å². The van der Waals surface area contributed by atoms with E-state index in [1.165, 1.54) is 19.3 Å². The fraction of sp³-hybridized carbons (Fsp3) is 0.409. The molecule has 2 aromatic rings. The van der Waals surface area contributed by atoms with E-state index in [0.29, 0.717) is 13.0 Å². The molecule has 0 atom stereocenters. The van der Waals surface area contributed by atoms with Crippen molar-refractivity contribution >= 4 is 34.6 Å². The van der Waals surface area contributed by atoms with Gasteiger partial charge in [0, 0.05) is 26.1 Å². The van der Waals surface area contributed by atoms with Gasteiger partial charge in [0.1, 0.15) is 0 Å². The summed E-state index contributed by atoms with van der Waals surface area (Å²) in [7, 11) is 0. The number of carbonyl (C=O) groups is 1. The van der Waals surface area contributed by atoms with Crippen LogP contribution in [0.2, 0.25) is 5.02 Å². The molecule has 0 saturated carbocycles. The Kier molecular flexibility index (Phi) is 5.65. The smallest absolute Gasteiger partial charge is 0.228 e. The van der Waals surface area contributed by atoms with Crippen LogP contribution >= 0.6 is 11.6 Å². The zero-order valence-corrected chi connectivity index (χ0v) is 16.4. The second-order valence-corrected chi connectivity index (χ2v) is 7.70. The lowest BCUT2D eigenvalue weighted by Crippen LogP contribution is -2.43. The van der Waals surface area contributed by atoms with Gasteiger partial charge in [-0.15, -0.1) is 0 Å². The Labute approximate surface area is 166 Å². The molecule has 5 heteroatoms. The van der Waals surface area contributed by atoms with E-state index in [2.05, 4.69) is 15.9 Å². The summed E-state index contributed by atoms with van der Waals surface area (Å²) in [6.45, 7) is 4.55. The Morgan fingerprint density at radius 3 is 2.22 bits per heavy atom. The molecule has 0 spiro atoms. The third kappa shape index (κ3) is 3.97. The van der Waals surface area contributed by atoms with Gasteiger partial charge in [-0.3, -0.25) is 4.79 Å². The first-order chi connectivity index (χ1) is 13.2. The maximum absolute atomic E-state index is 13.0. The molecule has 0 radical (unpaired) electrons. The van der Waals surface area contributed by atoms with E-state index in [-0.39, 0.29) is 5.91 Å². The topological polar surface area (TPSA) is 26.8 Å². The molecule has 4 nitrogen and oxygen atoms in total. The second-order valence-electron chi connectivity index (χ2n) is 7.29. The number of fused-ring (bicyclic) bond motifs is 1. The van der Waals surface area contributed by atoms with E-state index >= 15 is 0 Å². The maximum atomic E-state index is 13.0. The van der Waals surface area contributed by atoms with Gasteiger partial charge in [0.05, 0.1) is 22.1 Å². The van der Waals surface area contributed by atoms with Crippen LogP contribution in [-0.2, 0) is 4.79 Å². The Morgan fingerprint density at radius 1 is 0.815 bits per heavy atom. The van der Waals surface area contributed by atoms with Gasteiger partial charge in [-0.2, -0.15) is 0 Å². The highest BCUT2D eigenvalue weighted by Crippen LogP contribution is 2.40. The molecule has 2 aliphatic heterocycles. The number of rotatable bonds is 4. The van der Waals surface area contributed by atoms with E-state index in [9.17, 15) is 4.79 Å². The molecule has 0 aromatic heterocycles. The molecule has 2 aromatic carbocycles. The van der Waals surface area contributed by atoms with Gasteiger partial charge in [0.2, 0.25) is 5.91 Å². The average Bonchev–Trinajstić information content (AvgIpc) is 2.72. The van der Waals surface area contributed by atoms with E-state index in [1.807, 2.05) is 47.4 Å². The number of amides is 1. The highest BCUT2D eigenvalue weighted by Gasteiger charge is 2.28. The summed E-state index contributed by atoms with van der Waals surface area (Å²) in [6, 6.07) is 16.0. The van der Waals surface area contributed by atoms with Gasteiger partial charge in [-0.25, -0.2) is 0 Å². The normalized spacial score (nSPS) is 17.7. The summed E-state index contributed by atoms with van der Waals surface area (Å²) in [5, 5.41) is 0.733. The van der Waals surface area contributed by atoms with Crippen LogP contribution < -0.4 is 9.80 Å². The summed E-state index contributed by atoms with van der Waals surface area (Å²) in [4.78, 5) is 19.6. The number of nitrogens with zero attached hydrogens (tertiary/aromatic N) is 3. The van der Waals surface area contributed by atoms with Crippen LogP contribution in [0.25, 0.3) is 0 Å². The van der Waals surface area contributed by atoms with Crippen molar-refractivity contribution in [2.24, 2.45) is 0 Å². The second kappa shape index (κ2) is 8.32. The minimum absolute atomic E-state index is 0.215. The maximum Gasteiger partial charge on any atom is 0.228 e. The van der Waals surface area contributed by atoms with Crippen LogP contribution in [0.4, 0.5) is 17.1 Å². The van der Waals surface area contributed by atoms with E-state index in [0.717, 1.165) is 48.3 Å². The van der Waals surface area contributed by atoms with Crippen LogP contribution in [0.3, 0.4) is 0 Å². The first kappa shape index (κ1) is 18.3. The van der Waals surface area contributed by atoms with Gasteiger partial charge in [-0.05, 0) is 50.2 Å². The number of benzene rings is 2. The summed E-state index contributed by atoms with van der Waals surface area (Å²) in [6.07, 6.45) is 4.42. The third-order valence-electron chi connectivity index (χ3n) is 5.55. The van der Waals surface area contributed by atoms with Crippen molar-refractivity contribution in [2.75, 3.05) is 42.5 Å². The number of halogens is 1. The van der Waals surface area contributed by atoms with Crippen molar-refractivity contribution in [1.29, 1.82) is 0 Å². The quantitative estimate of drug-likeness (QED) is 0.765. The van der Waals surface area contributed by atoms with Gasteiger partial charge < -0.3 is 14.7 Å². The summed E-state index contributed by atoms with van der Waals surface area (Å²) in [5.74, 6) is 0.215. The molecule has 27 heavy (non-hydrogen) atoms. The summed E-state index contributed by atoms with van der Waals surface area (Å²) >= 11 is 6.43. The molecule has 0 aliphatic carbocycles. The minimum atomic E-state index is 0.215. The largest absolute Gasteiger partial charge is 0.337 e. The Morgan fingerprint density at radius 2 is 1.48 bits per heavy atom. The zero-order chi connectivity index (χ0) is 18.6. The van der Waals surface area contributed by atoms with Gasteiger partial charge >= 0.3 is 0 Å². The highest BCUT2D eigenvalue weighted by molar-refractivity contribution is 6.33. The Bertz CT molecular complexity index is 804. The standard InChI is InChI=1S/C22H26ClN3O/c23-18-8-2-3-9-19(18)25-16-17-26(21-11-5-4-10-20(21)25)22(27)12-15-24-13-6-1-7-14-24/h2-5,8-11H,1,6-7,12-17H2. The van der Waals surface area contributed by atoms with Crippen molar-refractivity contribution in [1.82, 2.24) is 4.90 Å². The zero-order valence-electron chi connectivity index (χ0n) is 15.6. The molecule has 1 fully saturated rings. The van der Waals surface area contributed by atoms with E-state index < -0.39 is 0 Å². The minimum Gasteiger partial charge on any atom is -0.337 e. The monoisotopic (exact) mass is 383 g/mol. The van der Waals surface area contributed by atoms with Crippen molar-refractivity contribution in [2.45, 2.75) is 25.7 Å². The van der Waals surface area contributed by atoms with Crippen LogP contribution in [-0.4, -0.2) is 43.5 Å². The number of para-hydroxylation sites is 3. The fourth-order valence-electron chi connectivity index (χ4n) is 4.11. The number of hydrogen-bond acceptors (Lipinski definition) is 3. The third-order valence-corrected chi connectivity index (χ3v) is 5.87. The Balaban J connectivity index is 1.52. The number of carbonyl (C=O) groups excluding carboxylic acids is 1. The first-order valence-electron chi connectivity index (χ1n) is 9.88. The fourth-order valence-corrected chi connectivity index (χ4v) is 4.35. The van der Waals surface area contributed by atoms with Crippen LogP contribution in [0.5, 0.6) is 0 Å². The van der Waals surface area contributed by atoms with Crippen molar-refractivity contribution in [3.8, 4) is 0 Å². The average molecular weight is 384 g/mol. The van der Waals surface area contributed by atoms with Crippen molar-refractivity contribution in [3.05, 3.63) is 53.6 Å². The summed E-state index contributed by atoms with van der Waals surface area (Å²) in [5.41, 5.74) is 3.02. The number of likely N-dealkylation sites (tertiary alicyclic amines) is 1. The van der Waals surface area contributed by atoms with E-state index in [4.69, 9.17) is 11.6 Å². The molecule has 142 valence electrons. The molecule has 1 saturated heterocycles. The van der Waals surface area contributed by atoms with Crippen LogP contribution in [0.15, 0.2) is 48.5 Å². The lowest BCUT2D eigenvalue weighted by Gasteiger charge is -2.38. The number of hydrogen-bond donors (Lipinski definition) is 0. The molecule has 2 heterocycles.